The molecule has 0 saturated carbocycles. The van der Waals surface area contributed by atoms with Gasteiger partial charge >= 0.3 is 0 Å². The Labute approximate surface area is 130 Å². The number of nitrogens with zero attached hydrogens (tertiary/aromatic N) is 2. The SMILES string of the molecule is CC(C)CC(CN(C)C)NC(=O)c1ccc(Cl)nc1Cl. The summed E-state index contributed by atoms with van der Waals surface area (Å²) in [6.07, 6.45) is 0.905. The second kappa shape index (κ2) is 7.81. The predicted molar refractivity (Wildman–Crippen MR) is 83.5 cm³/mol. The second-order valence-electron chi connectivity index (χ2n) is 5.53. The van der Waals surface area contributed by atoms with Gasteiger partial charge in [-0.1, -0.05) is 37.0 Å². The van der Waals surface area contributed by atoms with Crippen LogP contribution in [0.3, 0.4) is 0 Å². The molecular formula is C14H21Cl2N3O. The summed E-state index contributed by atoms with van der Waals surface area (Å²) >= 11 is 11.7. The van der Waals surface area contributed by atoms with E-state index in [1.54, 1.807) is 12.1 Å². The fourth-order valence-electron chi connectivity index (χ4n) is 2.03. The molecule has 1 aromatic heterocycles. The summed E-state index contributed by atoms with van der Waals surface area (Å²) in [5.41, 5.74) is 0.351. The van der Waals surface area contributed by atoms with Crippen molar-refractivity contribution in [2.75, 3.05) is 20.6 Å². The minimum atomic E-state index is -0.216. The molecule has 0 spiro atoms. The van der Waals surface area contributed by atoms with E-state index in [9.17, 15) is 4.79 Å². The largest absolute Gasteiger partial charge is 0.348 e. The number of nitrogens with one attached hydrogen (secondary N) is 1. The zero-order chi connectivity index (χ0) is 15.3. The van der Waals surface area contributed by atoms with Gasteiger partial charge < -0.3 is 10.2 Å². The summed E-state index contributed by atoms with van der Waals surface area (Å²) in [5.74, 6) is 0.283. The molecule has 0 saturated heterocycles. The average Bonchev–Trinajstić information content (AvgIpc) is 2.26. The van der Waals surface area contributed by atoms with Gasteiger partial charge in [-0.2, -0.15) is 0 Å². The van der Waals surface area contributed by atoms with E-state index < -0.39 is 0 Å². The highest BCUT2D eigenvalue weighted by Gasteiger charge is 2.18. The number of carbonyl (C=O) groups excluding carboxylic acids is 1. The minimum absolute atomic E-state index is 0.0734. The van der Waals surface area contributed by atoms with E-state index in [1.165, 1.54) is 0 Å². The monoisotopic (exact) mass is 317 g/mol. The van der Waals surface area contributed by atoms with Crippen molar-refractivity contribution < 1.29 is 4.79 Å². The Balaban J connectivity index is 2.78. The van der Waals surface area contributed by atoms with E-state index in [0.29, 0.717) is 11.5 Å². The highest BCUT2D eigenvalue weighted by Crippen LogP contribution is 2.17. The number of likely N-dealkylation sites (N-methyl/N-ethyl adjacent to an activating group) is 1. The molecule has 1 N–H and O–H groups in total. The van der Waals surface area contributed by atoms with Gasteiger partial charge in [-0.3, -0.25) is 4.79 Å². The highest BCUT2D eigenvalue weighted by atomic mass is 35.5. The number of hydrogen-bond acceptors (Lipinski definition) is 3. The zero-order valence-corrected chi connectivity index (χ0v) is 13.8. The number of amides is 1. The third-order valence-electron chi connectivity index (χ3n) is 2.74. The maximum absolute atomic E-state index is 12.3. The fourth-order valence-corrected chi connectivity index (χ4v) is 2.46. The van der Waals surface area contributed by atoms with Crippen LogP contribution in [0.15, 0.2) is 12.1 Å². The average molecular weight is 318 g/mol. The number of rotatable bonds is 6. The molecule has 0 aromatic carbocycles. The number of aromatic nitrogens is 1. The van der Waals surface area contributed by atoms with Crippen LogP contribution in [0.2, 0.25) is 10.3 Å². The van der Waals surface area contributed by atoms with Gasteiger partial charge in [0.05, 0.1) is 5.56 Å². The van der Waals surface area contributed by atoms with Crippen LogP contribution in [0.25, 0.3) is 0 Å². The first-order valence-corrected chi connectivity index (χ1v) is 7.32. The van der Waals surface area contributed by atoms with Crippen molar-refractivity contribution in [2.24, 2.45) is 5.92 Å². The fraction of sp³-hybridized carbons (Fsp3) is 0.571. The molecule has 1 amide bonds. The zero-order valence-electron chi connectivity index (χ0n) is 12.3. The lowest BCUT2D eigenvalue weighted by Crippen LogP contribution is -2.42. The van der Waals surface area contributed by atoms with E-state index >= 15 is 0 Å². The van der Waals surface area contributed by atoms with Gasteiger partial charge in [0.1, 0.15) is 10.3 Å². The molecular weight excluding hydrogens is 297 g/mol. The van der Waals surface area contributed by atoms with Crippen molar-refractivity contribution >= 4 is 29.1 Å². The number of pyridine rings is 1. The number of hydrogen-bond donors (Lipinski definition) is 1. The summed E-state index contributed by atoms with van der Waals surface area (Å²) in [7, 11) is 3.96. The number of carbonyl (C=O) groups is 1. The van der Waals surface area contributed by atoms with Crippen LogP contribution < -0.4 is 5.32 Å². The van der Waals surface area contributed by atoms with Crippen LogP contribution in [-0.4, -0.2) is 42.5 Å². The normalized spacial score (nSPS) is 12.8. The van der Waals surface area contributed by atoms with Gasteiger partial charge in [0.15, 0.2) is 0 Å². The molecule has 0 bridgehead atoms. The van der Waals surface area contributed by atoms with Gasteiger partial charge in [0, 0.05) is 12.6 Å². The standard InChI is InChI=1S/C14H21Cl2N3O/c1-9(2)7-10(8-19(3)4)17-14(20)11-5-6-12(15)18-13(11)16/h5-6,9-10H,7-8H2,1-4H3,(H,17,20). The van der Waals surface area contributed by atoms with Crippen molar-refractivity contribution in [3.63, 3.8) is 0 Å². The summed E-state index contributed by atoms with van der Waals surface area (Å²) < 4.78 is 0. The van der Waals surface area contributed by atoms with Crippen LogP contribution in [0.1, 0.15) is 30.6 Å². The Kier molecular flexibility index (Phi) is 6.72. The molecule has 4 nitrogen and oxygen atoms in total. The molecule has 0 aliphatic carbocycles. The molecule has 6 heteroatoms. The molecule has 1 rings (SSSR count). The van der Waals surface area contributed by atoms with Crippen LogP contribution in [0.5, 0.6) is 0 Å². The van der Waals surface area contributed by atoms with Gasteiger partial charge in [0.25, 0.3) is 5.91 Å². The van der Waals surface area contributed by atoms with E-state index in [2.05, 4.69) is 29.0 Å². The molecule has 1 atom stereocenters. The Morgan fingerprint density at radius 2 is 2.00 bits per heavy atom. The molecule has 0 fully saturated rings. The minimum Gasteiger partial charge on any atom is -0.348 e. The van der Waals surface area contributed by atoms with E-state index in [4.69, 9.17) is 23.2 Å². The van der Waals surface area contributed by atoms with Crippen molar-refractivity contribution in [1.29, 1.82) is 0 Å². The molecule has 1 heterocycles. The van der Waals surface area contributed by atoms with Gasteiger partial charge in [-0.05, 0) is 38.6 Å². The first-order chi connectivity index (χ1) is 9.29. The second-order valence-corrected chi connectivity index (χ2v) is 6.28. The maximum Gasteiger partial charge on any atom is 0.254 e. The molecule has 0 aliphatic rings. The van der Waals surface area contributed by atoms with Gasteiger partial charge in [-0.25, -0.2) is 4.98 Å². The van der Waals surface area contributed by atoms with Crippen LogP contribution in [-0.2, 0) is 0 Å². The Morgan fingerprint density at radius 3 is 2.50 bits per heavy atom. The maximum atomic E-state index is 12.3. The van der Waals surface area contributed by atoms with Crippen molar-refractivity contribution in [3.05, 3.63) is 28.0 Å². The van der Waals surface area contributed by atoms with E-state index in [1.807, 2.05) is 14.1 Å². The Hall–Kier alpha value is -0.840. The number of halogens is 2. The molecule has 20 heavy (non-hydrogen) atoms. The van der Waals surface area contributed by atoms with Crippen LogP contribution in [0, 0.1) is 5.92 Å². The summed E-state index contributed by atoms with van der Waals surface area (Å²) in [6.45, 7) is 5.04. The predicted octanol–water partition coefficient (Wildman–Crippen LogP) is 3.09. The third-order valence-corrected chi connectivity index (χ3v) is 3.23. The molecule has 1 unspecified atom stereocenters. The molecule has 0 aliphatic heterocycles. The molecule has 0 radical (unpaired) electrons. The smallest absolute Gasteiger partial charge is 0.254 e. The van der Waals surface area contributed by atoms with E-state index in [0.717, 1.165) is 13.0 Å². The molecule has 112 valence electrons. The van der Waals surface area contributed by atoms with Crippen molar-refractivity contribution in [3.8, 4) is 0 Å². The lowest BCUT2D eigenvalue weighted by Gasteiger charge is -2.24. The Bertz CT molecular complexity index is 454. The summed E-state index contributed by atoms with van der Waals surface area (Å²) in [5, 5.41) is 3.41. The van der Waals surface area contributed by atoms with Crippen LogP contribution >= 0.6 is 23.2 Å². The summed E-state index contributed by atoms with van der Waals surface area (Å²) in [4.78, 5) is 18.2. The first kappa shape index (κ1) is 17.2. The van der Waals surface area contributed by atoms with Crippen molar-refractivity contribution in [2.45, 2.75) is 26.3 Å². The van der Waals surface area contributed by atoms with Gasteiger partial charge in [0.2, 0.25) is 0 Å². The Morgan fingerprint density at radius 1 is 1.35 bits per heavy atom. The molecule has 1 aromatic rings. The quantitative estimate of drug-likeness (QED) is 0.820. The summed E-state index contributed by atoms with van der Waals surface area (Å²) in [6, 6.07) is 3.23. The van der Waals surface area contributed by atoms with Crippen molar-refractivity contribution in [1.82, 2.24) is 15.2 Å². The first-order valence-electron chi connectivity index (χ1n) is 6.57. The highest BCUT2D eigenvalue weighted by molar-refractivity contribution is 6.34. The lowest BCUT2D eigenvalue weighted by atomic mass is 10.0. The lowest BCUT2D eigenvalue weighted by molar-refractivity contribution is 0.0924. The van der Waals surface area contributed by atoms with Gasteiger partial charge in [-0.15, -0.1) is 0 Å². The van der Waals surface area contributed by atoms with E-state index in [-0.39, 0.29) is 22.3 Å². The third kappa shape index (κ3) is 5.65. The topological polar surface area (TPSA) is 45.2 Å². The van der Waals surface area contributed by atoms with Crippen LogP contribution in [0.4, 0.5) is 0 Å².